The third-order valence-electron chi connectivity index (χ3n) is 5.72. The lowest BCUT2D eigenvalue weighted by Crippen LogP contribution is -2.48. The zero-order valence-electron chi connectivity index (χ0n) is 17.1. The van der Waals surface area contributed by atoms with Crippen molar-refractivity contribution in [2.24, 2.45) is 0 Å². The van der Waals surface area contributed by atoms with Crippen LogP contribution in [0.5, 0.6) is 0 Å². The Morgan fingerprint density at radius 2 is 1.83 bits per heavy atom. The van der Waals surface area contributed by atoms with Gasteiger partial charge in [-0.15, -0.1) is 0 Å². The summed E-state index contributed by atoms with van der Waals surface area (Å²) in [5, 5.41) is 3.92. The summed E-state index contributed by atoms with van der Waals surface area (Å²) in [7, 11) is 4.64. The zero-order valence-corrected chi connectivity index (χ0v) is 18.6. The highest BCUT2D eigenvalue weighted by Crippen LogP contribution is 2.28. The van der Waals surface area contributed by atoms with Gasteiger partial charge in [-0.3, -0.25) is 4.79 Å². The van der Waals surface area contributed by atoms with Crippen LogP contribution in [0.1, 0.15) is 43.2 Å². The van der Waals surface area contributed by atoms with E-state index in [0.29, 0.717) is 10.0 Å². The lowest BCUT2D eigenvalue weighted by atomic mass is 9.92. The van der Waals surface area contributed by atoms with Crippen LogP contribution in [0, 0.1) is 0 Å². The van der Waals surface area contributed by atoms with E-state index in [1.165, 1.54) is 43.7 Å². The molecule has 0 saturated heterocycles. The minimum absolute atomic E-state index is 0.172. The van der Waals surface area contributed by atoms with Crippen molar-refractivity contribution in [3.8, 4) is 0 Å². The molecule has 3 rings (SSSR count). The lowest BCUT2D eigenvalue weighted by Gasteiger charge is -2.40. The van der Waals surface area contributed by atoms with Gasteiger partial charge in [0.15, 0.2) is 0 Å². The van der Waals surface area contributed by atoms with Crippen molar-refractivity contribution in [3.63, 3.8) is 0 Å². The van der Waals surface area contributed by atoms with Gasteiger partial charge in [0.1, 0.15) is 6.54 Å². The molecule has 1 aliphatic carbocycles. The van der Waals surface area contributed by atoms with Crippen LogP contribution in [0.2, 0.25) is 10.0 Å². The smallest absolute Gasteiger partial charge is 0.248 e. The molecule has 0 aliphatic heterocycles. The topological polar surface area (TPSA) is 29.1 Å². The molecule has 2 aromatic rings. The van der Waals surface area contributed by atoms with Gasteiger partial charge in [-0.05, 0) is 61.6 Å². The van der Waals surface area contributed by atoms with E-state index >= 15 is 0 Å². The van der Waals surface area contributed by atoms with E-state index < -0.39 is 0 Å². The van der Waals surface area contributed by atoms with Crippen molar-refractivity contribution in [1.29, 1.82) is 0 Å². The van der Waals surface area contributed by atoms with Gasteiger partial charge in [0.2, 0.25) is 5.91 Å². The molecule has 154 valence electrons. The molecule has 1 fully saturated rings. The summed E-state index contributed by atoms with van der Waals surface area (Å²) < 4.78 is 0.995. The molecule has 5 heteroatoms. The largest absolute Gasteiger partial charge is 0.322 e. The van der Waals surface area contributed by atoms with Crippen LogP contribution in [0.15, 0.2) is 48.5 Å². The molecule has 0 unspecified atom stereocenters. The number of benzene rings is 2. The number of nitrogens with one attached hydrogen (secondary N) is 1. The predicted molar refractivity (Wildman–Crippen MR) is 123 cm³/mol. The number of anilines is 1. The van der Waals surface area contributed by atoms with Crippen molar-refractivity contribution < 1.29 is 9.28 Å². The first kappa shape index (κ1) is 21.9. The van der Waals surface area contributed by atoms with Gasteiger partial charge in [0.05, 0.1) is 30.2 Å². The first-order valence-electron chi connectivity index (χ1n) is 10.2. The number of hydrogen-bond acceptors (Lipinski definition) is 1. The first-order valence-corrected chi connectivity index (χ1v) is 10.9. The summed E-state index contributed by atoms with van der Waals surface area (Å²) in [4.78, 5) is 12.3. The van der Waals surface area contributed by atoms with Gasteiger partial charge in [0.25, 0.3) is 0 Å². The molecule has 0 radical (unpaired) electrons. The van der Waals surface area contributed by atoms with Gasteiger partial charge in [0, 0.05) is 17.3 Å². The Labute approximate surface area is 183 Å². The molecule has 2 aromatic carbocycles. The monoisotopic (exact) mass is 431 g/mol. The van der Waals surface area contributed by atoms with Gasteiger partial charge < -0.3 is 9.80 Å². The molecule has 0 atom stereocenters. The molecule has 29 heavy (non-hydrogen) atoms. The van der Waals surface area contributed by atoms with E-state index in [2.05, 4.69) is 31.5 Å². The minimum Gasteiger partial charge on any atom is -0.322 e. The number of quaternary nitrogens is 1. The van der Waals surface area contributed by atoms with Crippen LogP contribution in [-0.4, -0.2) is 30.5 Å². The van der Waals surface area contributed by atoms with E-state index in [-0.39, 0.29) is 5.91 Å². The highest BCUT2D eigenvalue weighted by Gasteiger charge is 2.29. The van der Waals surface area contributed by atoms with Gasteiger partial charge in [-0.25, -0.2) is 0 Å². The van der Waals surface area contributed by atoms with E-state index in [1.54, 1.807) is 18.2 Å². The number of carbonyl (C=O) groups excluding carboxylic acids is 1. The van der Waals surface area contributed by atoms with E-state index in [0.717, 1.165) is 28.3 Å². The standard InChI is InChI=1S/C24H28Cl2N2O/c1-28(2,21-9-4-3-5-10-21)17-19-7-6-8-20(15-19)27-24(29)14-12-18-11-13-22(25)23(26)16-18/h6-8,11-16,21H,3-5,9-10,17H2,1-2H3/p+1/b14-12+. The second kappa shape index (κ2) is 9.80. The molecule has 0 bridgehead atoms. The highest BCUT2D eigenvalue weighted by molar-refractivity contribution is 6.42. The number of hydrogen-bond donors (Lipinski definition) is 1. The van der Waals surface area contributed by atoms with Crippen LogP contribution >= 0.6 is 23.2 Å². The van der Waals surface area contributed by atoms with Crippen LogP contribution < -0.4 is 5.32 Å². The maximum atomic E-state index is 12.3. The fourth-order valence-corrected chi connectivity index (χ4v) is 4.41. The first-order chi connectivity index (χ1) is 13.8. The Morgan fingerprint density at radius 3 is 2.55 bits per heavy atom. The Balaban J connectivity index is 1.62. The van der Waals surface area contributed by atoms with Crippen molar-refractivity contribution >= 4 is 40.9 Å². The Bertz CT molecular complexity index is 886. The van der Waals surface area contributed by atoms with Crippen LogP contribution in [0.4, 0.5) is 5.69 Å². The lowest BCUT2D eigenvalue weighted by molar-refractivity contribution is -0.929. The van der Waals surface area contributed by atoms with Gasteiger partial charge >= 0.3 is 0 Å². The molecule has 1 saturated carbocycles. The summed E-state index contributed by atoms with van der Waals surface area (Å²) in [6, 6.07) is 14.2. The molecule has 0 aromatic heterocycles. The van der Waals surface area contributed by atoms with E-state index in [1.807, 2.05) is 18.2 Å². The highest BCUT2D eigenvalue weighted by atomic mass is 35.5. The van der Waals surface area contributed by atoms with Crippen molar-refractivity contribution in [2.45, 2.75) is 44.7 Å². The molecule has 0 spiro atoms. The molecule has 0 heterocycles. The van der Waals surface area contributed by atoms with Crippen molar-refractivity contribution in [2.75, 3.05) is 19.4 Å². The summed E-state index contributed by atoms with van der Waals surface area (Å²) >= 11 is 11.9. The molecule has 1 aliphatic rings. The van der Waals surface area contributed by atoms with Crippen molar-refractivity contribution in [3.05, 3.63) is 69.7 Å². The fourth-order valence-electron chi connectivity index (χ4n) is 4.10. The Hall–Kier alpha value is -1.81. The molecule has 1 amide bonds. The maximum Gasteiger partial charge on any atom is 0.248 e. The quantitative estimate of drug-likeness (QED) is 0.407. The van der Waals surface area contributed by atoms with Crippen LogP contribution in [0.3, 0.4) is 0 Å². The van der Waals surface area contributed by atoms with E-state index in [9.17, 15) is 4.79 Å². The summed E-state index contributed by atoms with van der Waals surface area (Å²) in [6.07, 6.45) is 9.90. The number of nitrogens with zero attached hydrogens (tertiary/aromatic N) is 1. The Morgan fingerprint density at radius 1 is 1.07 bits per heavy atom. The average molecular weight is 432 g/mol. The normalized spacial score (nSPS) is 15.6. The third-order valence-corrected chi connectivity index (χ3v) is 6.46. The SMILES string of the molecule is C[N+](C)(Cc1cccc(NC(=O)/C=C/c2ccc(Cl)c(Cl)c2)c1)C1CCCCC1. The minimum atomic E-state index is -0.172. The maximum absolute atomic E-state index is 12.3. The summed E-state index contributed by atoms with van der Waals surface area (Å²) in [5.41, 5.74) is 2.89. The van der Waals surface area contributed by atoms with E-state index in [4.69, 9.17) is 23.2 Å². The van der Waals surface area contributed by atoms with Gasteiger partial charge in [-0.1, -0.05) is 47.8 Å². The summed E-state index contributed by atoms with van der Waals surface area (Å²) in [5.74, 6) is -0.172. The third kappa shape index (κ3) is 6.33. The average Bonchev–Trinajstić information content (AvgIpc) is 2.69. The molecule has 3 nitrogen and oxygen atoms in total. The second-order valence-corrected chi connectivity index (χ2v) is 9.24. The Kier molecular flexibility index (Phi) is 7.39. The van der Waals surface area contributed by atoms with Gasteiger partial charge in [-0.2, -0.15) is 0 Å². The van der Waals surface area contributed by atoms with Crippen molar-refractivity contribution in [1.82, 2.24) is 0 Å². The second-order valence-electron chi connectivity index (χ2n) is 8.43. The summed E-state index contributed by atoms with van der Waals surface area (Å²) in [6.45, 7) is 0.966. The number of halogens is 2. The van der Waals surface area contributed by atoms with Crippen LogP contribution in [-0.2, 0) is 11.3 Å². The molecule has 1 N–H and O–H groups in total. The van der Waals surface area contributed by atoms with Crippen LogP contribution in [0.25, 0.3) is 6.08 Å². The number of amides is 1. The number of rotatable bonds is 6. The molecular weight excluding hydrogens is 403 g/mol. The fraction of sp³-hybridized carbons (Fsp3) is 0.375. The zero-order chi connectivity index (χ0) is 20.9. The predicted octanol–water partition coefficient (Wildman–Crippen LogP) is 6.55. The number of carbonyl (C=O) groups is 1. The molecular formula is C24H29Cl2N2O+.